The Morgan fingerprint density at radius 2 is 1.14 bits per heavy atom. The molecule has 0 aliphatic heterocycles. The van der Waals surface area contributed by atoms with Gasteiger partial charge in [-0.1, -0.05) is 67.9 Å². The SMILES string of the molecule is CCCc1ccccc1[S+](c1ccccc1)c1ccccc1. The molecule has 0 aromatic heterocycles. The van der Waals surface area contributed by atoms with E-state index in [4.69, 9.17) is 0 Å². The third kappa shape index (κ3) is 3.26. The van der Waals surface area contributed by atoms with Crippen LogP contribution in [0.25, 0.3) is 0 Å². The topological polar surface area (TPSA) is 0 Å². The fourth-order valence-corrected chi connectivity index (χ4v) is 4.97. The van der Waals surface area contributed by atoms with Crippen LogP contribution in [0, 0.1) is 0 Å². The van der Waals surface area contributed by atoms with Crippen molar-refractivity contribution in [3.05, 3.63) is 90.5 Å². The number of hydrogen-bond acceptors (Lipinski definition) is 0. The van der Waals surface area contributed by atoms with E-state index in [-0.39, 0.29) is 10.9 Å². The smallest absolute Gasteiger partial charge is 0.0651 e. The third-order valence-electron chi connectivity index (χ3n) is 3.67. The molecule has 1 heteroatoms. The molecule has 0 amide bonds. The normalized spacial score (nSPS) is 10.8. The minimum Gasteiger partial charge on any atom is -0.0651 e. The zero-order valence-corrected chi connectivity index (χ0v) is 13.7. The molecule has 0 nitrogen and oxygen atoms in total. The lowest BCUT2D eigenvalue weighted by Gasteiger charge is -2.11. The van der Waals surface area contributed by atoms with E-state index in [2.05, 4.69) is 91.9 Å². The molecule has 0 atom stereocenters. The van der Waals surface area contributed by atoms with Crippen molar-refractivity contribution in [2.24, 2.45) is 0 Å². The van der Waals surface area contributed by atoms with Crippen molar-refractivity contribution in [3.8, 4) is 0 Å². The van der Waals surface area contributed by atoms with Crippen molar-refractivity contribution in [1.82, 2.24) is 0 Å². The average Bonchev–Trinajstić information content (AvgIpc) is 2.59. The van der Waals surface area contributed by atoms with Gasteiger partial charge in [-0.05, 0) is 36.8 Å². The van der Waals surface area contributed by atoms with Crippen molar-refractivity contribution in [3.63, 3.8) is 0 Å². The fourth-order valence-electron chi connectivity index (χ4n) is 2.68. The highest BCUT2D eigenvalue weighted by Crippen LogP contribution is 2.33. The van der Waals surface area contributed by atoms with Gasteiger partial charge in [0.15, 0.2) is 14.7 Å². The summed E-state index contributed by atoms with van der Waals surface area (Å²) >= 11 is 0. The first-order chi connectivity index (χ1) is 10.9. The highest BCUT2D eigenvalue weighted by molar-refractivity contribution is 7.97. The maximum absolute atomic E-state index is 2.30. The van der Waals surface area contributed by atoms with Gasteiger partial charge in [-0.3, -0.25) is 0 Å². The van der Waals surface area contributed by atoms with Gasteiger partial charge in [0.25, 0.3) is 0 Å². The maximum atomic E-state index is 2.30. The van der Waals surface area contributed by atoms with E-state index in [0.29, 0.717) is 0 Å². The van der Waals surface area contributed by atoms with E-state index in [1.54, 1.807) is 0 Å². The minimum absolute atomic E-state index is 0.0277. The molecule has 0 saturated heterocycles. The molecule has 3 rings (SSSR count). The predicted molar refractivity (Wildman–Crippen MR) is 95.5 cm³/mol. The van der Waals surface area contributed by atoms with E-state index >= 15 is 0 Å². The first-order valence-electron chi connectivity index (χ1n) is 7.82. The first kappa shape index (κ1) is 14.9. The van der Waals surface area contributed by atoms with E-state index in [1.165, 1.54) is 26.7 Å². The molecule has 0 spiro atoms. The zero-order valence-electron chi connectivity index (χ0n) is 12.9. The summed E-state index contributed by atoms with van der Waals surface area (Å²) in [5.74, 6) is 0. The van der Waals surface area contributed by atoms with Crippen molar-refractivity contribution in [1.29, 1.82) is 0 Å². The van der Waals surface area contributed by atoms with Crippen LogP contribution in [0.1, 0.15) is 18.9 Å². The summed E-state index contributed by atoms with van der Waals surface area (Å²) in [6.45, 7) is 2.25. The molecule has 0 unspecified atom stereocenters. The molecule has 3 aromatic carbocycles. The van der Waals surface area contributed by atoms with Crippen LogP contribution < -0.4 is 0 Å². The van der Waals surface area contributed by atoms with Crippen LogP contribution in [0.5, 0.6) is 0 Å². The molecule has 0 bridgehead atoms. The summed E-state index contributed by atoms with van der Waals surface area (Å²) in [4.78, 5) is 4.23. The Hall–Kier alpha value is -1.99. The largest absolute Gasteiger partial charge is 0.169 e. The third-order valence-corrected chi connectivity index (χ3v) is 5.99. The molecular weight excluding hydrogens is 284 g/mol. The van der Waals surface area contributed by atoms with Crippen LogP contribution in [0.15, 0.2) is 99.6 Å². The number of rotatable bonds is 5. The van der Waals surface area contributed by atoms with Gasteiger partial charge in [0.1, 0.15) is 0 Å². The summed E-state index contributed by atoms with van der Waals surface area (Å²) in [6.07, 6.45) is 2.32. The molecule has 22 heavy (non-hydrogen) atoms. The van der Waals surface area contributed by atoms with Gasteiger partial charge in [0.05, 0.1) is 10.9 Å². The molecule has 0 radical (unpaired) electrons. The summed E-state index contributed by atoms with van der Waals surface area (Å²) in [5, 5.41) is 0. The van der Waals surface area contributed by atoms with E-state index < -0.39 is 0 Å². The molecule has 0 heterocycles. The van der Waals surface area contributed by atoms with E-state index in [0.717, 1.165) is 6.42 Å². The number of aryl methyl sites for hydroxylation is 1. The fraction of sp³-hybridized carbons (Fsp3) is 0.143. The Labute approximate surface area is 136 Å². The predicted octanol–water partition coefficient (Wildman–Crippen LogP) is 5.73. The van der Waals surface area contributed by atoms with Gasteiger partial charge in [0.2, 0.25) is 0 Å². The second kappa shape index (κ2) is 7.33. The molecule has 0 aliphatic carbocycles. The lowest BCUT2D eigenvalue weighted by Crippen LogP contribution is -2.07. The summed E-state index contributed by atoms with van der Waals surface area (Å²) in [7, 11) is -0.0277. The first-order valence-corrected chi connectivity index (χ1v) is 9.05. The van der Waals surface area contributed by atoms with Gasteiger partial charge in [-0.15, -0.1) is 0 Å². The van der Waals surface area contributed by atoms with Crippen molar-refractivity contribution in [2.75, 3.05) is 0 Å². The maximum Gasteiger partial charge on any atom is 0.169 e. The molecule has 3 aromatic rings. The molecule has 110 valence electrons. The standard InChI is InChI=1S/C21H21S/c1-2-11-18-12-9-10-17-21(18)22(19-13-5-3-6-14-19)20-15-7-4-8-16-20/h3-10,12-17H,2,11H2,1H3/q+1. The molecule has 0 saturated carbocycles. The Morgan fingerprint density at radius 3 is 1.68 bits per heavy atom. The number of benzene rings is 3. The van der Waals surface area contributed by atoms with Crippen LogP contribution in [-0.2, 0) is 17.3 Å². The highest BCUT2D eigenvalue weighted by Gasteiger charge is 2.30. The Kier molecular flexibility index (Phi) is 4.97. The monoisotopic (exact) mass is 305 g/mol. The summed E-state index contributed by atoms with van der Waals surface area (Å²) in [5.41, 5.74) is 1.47. The van der Waals surface area contributed by atoms with Crippen molar-refractivity contribution < 1.29 is 0 Å². The van der Waals surface area contributed by atoms with Crippen LogP contribution in [0.2, 0.25) is 0 Å². The Bertz CT molecular complexity index is 665. The van der Waals surface area contributed by atoms with Gasteiger partial charge in [-0.25, -0.2) is 0 Å². The average molecular weight is 305 g/mol. The molecule has 0 aliphatic rings. The minimum atomic E-state index is -0.0277. The zero-order chi connectivity index (χ0) is 15.2. The van der Waals surface area contributed by atoms with Gasteiger partial charge >= 0.3 is 0 Å². The highest BCUT2D eigenvalue weighted by atomic mass is 32.2. The second-order valence-corrected chi connectivity index (χ2v) is 7.29. The van der Waals surface area contributed by atoms with Gasteiger partial charge in [-0.2, -0.15) is 0 Å². The van der Waals surface area contributed by atoms with Gasteiger partial charge < -0.3 is 0 Å². The van der Waals surface area contributed by atoms with Crippen LogP contribution in [0.3, 0.4) is 0 Å². The van der Waals surface area contributed by atoms with Crippen LogP contribution in [0.4, 0.5) is 0 Å². The van der Waals surface area contributed by atoms with E-state index in [1.807, 2.05) is 0 Å². The number of hydrogen-bond donors (Lipinski definition) is 0. The molecule has 0 fully saturated rings. The second-order valence-electron chi connectivity index (χ2n) is 5.29. The van der Waals surface area contributed by atoms with Crippen molar-refractivity contribution >= 4 is 10.9 Å². The summed E-state index contributed by atoms with van der Waals surface area (Å²) < 4.78 is 0. The van der Waals surface area contributed by atoms with Gasteiger partial charge in [0, 0.05) is 5.56 Å². The quantitative estimate of drug-likeness (QED) is 0.528. The Morgan fingerprint density at radius 1 is 0.636 bits per heavy atom. The Balaban J connectivity index is 2.15. The molecular formula is C21H21S+. The van der Waals surface area contributed by atoms with Crippen LogP contribution >= 0.6 is 0 Å². The van der Waals surface area contributed by atoms with E-state index in [9.17, 15) is 0 Å². The van der Waals surface area contributed by atoms with Crippen molar-refractivity contribution in [2.45, 2.75) is 34.5 Å². The van der Waals surface area contributed by atoms with Crippen LogP contribution in [-0.4, -0.2) is 0 Å². The lowest BCUT2D eigenvalue weighted by molar-refractivity contribution is 0.899. The molecule has 0 N–H and O–H groups in total. The lowest BCUT2D eigenvalue weighted by atomic mass is 10.1. The summed E-state index contributed by atoms with van der Waals surface area (Å²) in [6, 6.07) is 30.6.